The van der Waals surface area contributed by atoms with Crippen molar-refractivity contribution >= 4 is 13.2 Å². The maximum absolute atomic E-state index is 5.47. The fraction of sp³-hybridized carbons (Fsp3) is 0.474. The molecule has 0 spiro atoms. The molecule has 0 radical (unpaired) electrons. The van der Waals surface area contributed by atoms with Gasteiger partial charge in [0.15, 0.2) is 0 Å². The van der Waals surface area contributed by atoms with Crippen LogP contribution in [-0.4, -0.2) is 17.4 Å². The molecule has 0 bridgehead atoms. The maximum atomic E-state index is 5.47. The SMILES string of the molecule is COc1cc[cH-]c1P(C(C)(C)C)C(C)(C)C.[Fe+2].c1cc[cH-]c1. The Morgan fingerprint density at radius 3 is 1.73 bits per heavy atom. The summed E-state index contributed by atoms with van der Waals surface area (Å²) in [6.07, 6.45) is 0. The summed E-state index contributed by atoms with van der Waals surface area (Å²) in [5, 5.41) is 2.00. The fourth-order valence-electron chi connectivity index (χ4n) is 2.80. The van der Waals surface area contributed by atoms with Gasteiger partial charge in [0.05, 0.1) is 7.11 Å². The van der Waals surface area contributed by atoms with Crippen LogP contribution >= 0.6 is 7.92 Å². The predicted octanol–water partition coefficient (Wildman–Crippen LogP) is 5.52. The summed E-state index contributed by atoms with van der Waals surface area (Å²) < 4.78 is 5.47. The number of hydrogen-bond donors (Lipinski definition) is 0. The molecule has 1 nitrogen and oxygen atoms in total. The molecule has 0 aromatic heterocycles. The molecule has 0 N–H and O–H groups in total. The van der Waals surface area contributed by atoms with E-state index in [-0.39, 0.29) is 25.0 Å². The van der Waals surface area contributed by atoms with Gasteiger partial charge in [0.1, 0.15) is 0 Å². The molecule has 0 heterocycles. The Hall–Kier alpha value is -0.551. The van der Waals surface area contributed by atoms with Crippen molar-refractivity contribution in [2.24, 2.45) is 0 Å². The van der Waals surface area contributed by atoms with Gasteiger partial charge in [-0.3, -0.25) is 0 Å². The van der Waals surface area contributed by atoms with Crippen LogP contribution in [0.5, 0.6) is 5.75 Å². The maximum Gasteiger partial charge on any atom is 2.00 e. The molecule has 0 amide bonds. The van der Waals surface area contributed by atoms with E-state index < -0.39 is 0 Å². The Morgan fingerprint density at radius 2 is 1.41 bits per heavy atom. The summed E-state index contributed by atoms with van der Waals surface area (Å²) >= 11 is 0. The van der Waals surface area contributed by atoms with Crippen LogP contribution in [-0.2, 0) is 17.1 Å². The zero-order valence-corrected chi connectivity index (χ0v) is 16.8. The van der Waals surface area contributed by atoms with Crippen LogP contribution in [0.25, 0.3) is 0 Å². The van der Waals surface area contributed by atoms with E-state index in [1.54, 1.807) is 7.11 Å². The van der Waals surface area contributed by atoms with Crippen molar-refractivity contribution in [3.63, 3.8) is 0 Å². The van der Waals surface area contributed by atoms with E-state index in [1.807, 2.05) is 30.3 Å². The van der Waals surface area contributed by atoms with Crippen molar-refractivity contribution < 1.29 is 21.8 Å². The first-order chi connectivity index (χ1) is 9.68. The molecule has 2 aromatic rings. The van der Waals surface area contributed by atoms with Gasteiger partial charge in [0, 0.05) is 0 Å². The number of rotatable bonds is 2. The fourth-order valence-corrected chi connectivity index (χ4v) is 6.88. The zero-order chi connectivity index (χ0) is 16.1. The first-order valence-corrected chi connectivity index (χ1v) is 8.79. The normalized spacial score (nSPS) is 11.5. The number of methoxy groups -OCH3 is 1. The molecule has 124 valence electrons. The molecular weight excluding hydrogens is 331 g/mol. The van der Waals surface area contributed by atoms with Crippen molar-refractivity contribution in [1.29, 1.82) is 0 Å². The summed E-state index contributed by atoms with van der Waals surface area (Å²) in [4.78, 5) is 0. The first kappa shape index (κ1) is 21.4. The minimum absolute atomic E-state index is 0. The summed E-state index contributed by atoms with van der Waals surface area (Å²) in [6, 6.07) is 16.4. The zero-order valence-electron chi connectivity index (χ0n) is 14.8. The summed E-state index contributed by atoms with van der Waals surface area (Å²) in [6.45, 7) is 14.0. The molecule has 3 heteroatoms. The minimum Gasteiger partial charge on any atom is -0.565 e. The molecule has 2 rings (SSSR count). The Bertz CT molecular complexity index is 469. The molecule has 2 aromatic carbocycles. The van der Waals surface area contributed by atoms with Crippen LogP contribution in [0.15, 0.2) is 48.5 Å². The second-order valence-corrected chi connectivity index (χ2v) is 11.0. The van der Waals surface area contributed by atoms with Gasteiger partial charge in [-0.2, -0.15) is 36.4 Å². The van der Waals surface area contributed by atoms with Crippen LogP contribution < -0.4 is 10.0 Å². The predicted molar refractivity (Wildman–Crippen MR) is 96.7 cm³/mol. The number of hydrogen-bond acceptors (Lipinski definition) is 1. The molecular formula is C19H29FeOP. The number of ether oxygens (including phenoxy) is 1. The molecule has 0 atom stereocenters. The van der Waals surface area contributed by atoms with E-state index in [9.17, 15) is 0 Å². The first-order valence-electron chi connectivity index (χ1n) is 7.44. The van der Waals surface area contributed by atoms with Crippen molar-refractivity contribution in [3.8, 4) is 5.75 Å². The Morgan fingerprint density at radius 1 is 0.909 bits per heavy atom. The van der Waals surface area contributed by atoms with Crippen LogP contribution in [0, 0.1) is 0 Å². The van der Waals surface area contributed by atoms with Crippen LogP contribution in [0.4, 0.5) is 0 Å². The van der Waals surface area contributed by atoms with Crippen LogP contribution in [0.1, 0.15) is 41.5 Å². The summed E-state index contributed by atoms with van der Waals surface area (Å²) in [5.74, 6) is 1.05. The molecule has 0 saturated heterocycles. The van der Waals surface area contributed by atoms with Gasteiger partial charge < -0.3 is 4.74 Å². The second kappa shape index (κ2) is 8.92. The van der Waals surface area contributed by atoms with Gasteiger partial charge in [-0.05, 0) is 16.1 Å². The van der Waals surface area contributed by atoms with Gasteiger partial charge in [0.25, 0.3) is 0 Å². The van der Waals surface area contributed by atoms with Crippen LogP contribution in [0.3, 0.4) is 0 Å². The quantitative estimate of drug-likeness (QED) is 0.389. The van der Waals surface area contributed by atoms with Gasteiger partial charge in [-0.15, -0.1) is 5.30 Å². The molecule has 0 aliphatic rings. The third-order valence-electron chi connectivity index (χ3n) is 3.11. The van der Waals surface area contributed by atoms with Crippen molar-refractivity contribution in [3.05, 3.63) is 48.5 Å². The Balaban J connectivity index is 0.000000622. The smallest absolute Gasteiger partial charge is 0.565 e. The van der Waals surface area contributed by atoms with Crippen molar-refractivity contribution in [1.82, 2.24) is 0 Å². The van der Waals surface area contributed by atoms with E-state index in [1.165, 1.54) is 5.30 Å². The molecule has 0 fully saturated rings. The molecule has 0 saturated carbocycles. The summed E-state index contributed by atoms with van der Waals surface area (Å²) in [5.41, 5.74) is 0. The topological polar surface area (TPSA) is 9.23 Å². The second-order valence-electron chi connectivity index (χ2n) is 7.12. The van der Waals surface area contributed by atoms with Gasteiger partial charge in [0.2, 0.25) is 0 Å². The third kappa shape index (κ3) is 6.29. The average Bonchev–Trinajstić information content (AvgIpc) is 2.98. The molecule has 0 aliphatic heterocycles. The third-order valence-corrected chi connectivity index (χ3v) is 6.65. The molecule has 0 unspecified atom stereocenters. The van der Waals surface area contributed by atoms with E-state index in [0.29, 0.717) is 10.3 Å². The Kier molecular flexibility index (Phi) is 8.70. The average molecular weight is 360 g/mol. The summed E-state index contributed by atoms with van der Waals surface area (Å²) in [7, 11) is 1.51. The van der Waals surface area contributed by atoms with Crippen LogP contribution in [0.2, 0.25) is 0 Å². The molecule has 22 heavy (non-hydrogen) atoms. The standard InChI is InChI=1S/C14H24OP.C5H5.Fe/c1-13(2,3)16(14(4,5)6)12-10-8-9-11(12)15-7;1-2-4-5-3-1;/h8-10H,1-7H3;1-5H;/q2*-1;+2. The monoisotopic (exact) mass is 360 g/mol. The van der Waals surface area contributed by atoms with E-state index in [4.69, 9.17) is 4.74 Å². The van der Waals surface area contributed by atoms with E-state index >= 15 is 0 Å². The van der Waals surface area contributed by atoms with Crippen molar-refractivity contribution in [2.45, 2.75) is 51.9 Å². The van der Waals surface area contributed by atoms with Gasteiger partial charge in [-0.25, -0.2) is 12.1 Å². The molecule has 0 aliphatic carbocycles. The van der Waals surface area contributed by atoms with E-state index in [0.717, 1.165) is 5.75 Å². The van der Waals surface area contributed by atoms with Gasteiger partial charge >= 0.3 is 17.1 Å². The minimum atomic E-state index is -0.252. The van der Waals surface area contributed by atoms with Crippen molar-refractivity contribution in [2.75, 3.05) is 7.11 Å². The Labute approximate surface area is 148 Å². The van der Waals surface area contributed by atoms with Gasteiger partial charge in [-0.1, -0.05) is 49.5 Å². The largest absolute Gasteiger partial charge is 2.00 e. The van der Waals surface area contributed by atoms with E-state index in [2.05, 4.69) is 59.7 Å².